The molecule has 0 bridgehead atoms. The van der Waals surface area contributed by atoms with Crippen LogP contribution in [0.25, 0.3) is 22.0 Å². The number of pyridine rings is 1. The Morgan fingerprint density at radius 3 is 2.49 bits per heavy atom. The van der Waals surface area contributed by atoms with E-state index in [1.165, 1.54) is 0 Å². The molecule has 0 aliphatic rings. The number of hydrogen-bond donors (Lipinski definition) is 1. The SMILES string of the molecule is CCOC(=O)c1c(COc2ccccc2OC)n(C)c2cc(-c3cccnc3)c(O)c(CN(C)C)c12.Cl. The van der Waals surface area contributed by atoms with Gasteiger partial charge in [0.05, 0.1) is 30.5 Å². The summed E-state index contributed by atoms with van der Waals surface area (Å²) in [7, 11) is 7.30. The van der Waals surface area contributed by atoms with E-state index >= 15 is 0 Å². The molecule has 4 aromatic rings. The summed E-state index contributed by atoms with van der Waals surface area (Å²) in [6.45, 7) is 2.52. The number of nitrogens with zero attached hydrogens (tertiary/aromatic N) is 3. The standard InChI is InChI=1S/C28H31N3O5.ClH/c1-6-35-28(33)26-22(17-36-24-12-8-7-11-23(24)34-5)31(4)21-14-19(18-10-9-13-29-15-18)27(32)20(25(21)26)16-30(2)3;/h7-15,32H,6,16-17H2,1-5H3;1H. The van der Waals surface area contributed by atoms with Crippen LogP contribution in [-0.2, 0) is 24.9 Å². The van der Waals surface area contributed by atoms with Crippen molar-refractivity contribution in [1.29, 1.82) is 0 Å². The average molecular weight is 526 g/mol. The van der Waals surface area contributed by atoms with E-state index in [4.69, 9.17) is 14.2 Å². The molecule has 0 spiro atoms. The molecule has 0 saturated carbocycles. The summed E-state index contributed by atoms with van der Waals surface area (Å²) < 4.78 is 18.9. The predicted octanol–water partition coefficient (Wildman–Crippen LogP) is 5.19. The second-order valence-corrected chi connectivity index (χ2v) is 8.67. The summed E-state index contributed by atoms with van der Waals surface area (Å²) >= 11 is 0. The summed E-state index contributed by atoms with van der Waals surface area (Å²) in [5.74, 6) is 0.805. The molecule has 0 aliphatic heterocycles. The number of carbonyl (C=O) groups excluding carboxylic acids is 1. The van der Waals surface area contributed by atoms with E-state index < -0.39 is 5.97 Å². The van der Waals surface area contributed by atoms with Crippen molar-refractivity contribution in [1.82, 2.24) is 14.5 Å². The van der Waals surface area contributed by atoms with Gasteiger partial charge in [0.1, 0.15) is 12.4 Å². The molecular formula is C28H32ClN3O5. The number of aromatic hydroxyl groups is 1. The van der Waals surface area contributed by atoms with Gasteiger partial charge in [0.15, 0.2) is 11.5 Å². The molecule has 0 amide bonds. The van der Waals surface area contributed by atoms with Crippen LogP contribution in [0, 0.1) is 0 Å². The zero-order valence-electron chi connectivity index (χ0n) is 21.6. The van der Waals surface area contributed by atoms with Gasteiger partial charge in [0, 0.05) is 48.1 Å². The number of methoxy groups -OCH3 is 1. The summed E-state index contributed by atoms with van der Waals surface area (Å²) in [6.07, 6.45) is 3.40. The van der Waals surface area contributed by atoms with Gasteiger partial charge in [-0.2, -0.15) is 0 Å². The summed E-state index contributed by atoms with van der Waals surface area (Å²) in [5, 5.41) is 12.1. The zero-order valence-corrected chi connectivity index (χ0v) is 22.5. The Morgan fingerprint density at radius 2 is 1.86 bits per heavy atom. The topological polar surface area (TPSA) is 86.0 Å². The molecular weight excluding hydrogens is 494 g/mol. The largest absolute Gasteiger partial charge is 0.507 e. The van der Waals surface area contributed by atoms with Crippen LogP contribution in [0.5, 0.6) is 17.2 Å². The maximum Gasteiger partial charge on any atom is 0.340 e. The first-order chi connectivity index (χ1) is 17.4. The minimum absolute atomic E-state index is 0. The number of halogens is 1. The lowest BCUT2D eigenvalue weighted by atomic mass is 9.96. The molecule has 1 N–H and O–H groups in total. The van der Waals surface area contributed by atoms with E-state index in [2.05, 4.69) is 4.98 Å². The third kappa shape index (κ3) is 5.50. The first-order valence-corrected chi connectivity index (χ1v) is 11.7. The van der Waals surface area contributed by atoms with Crippen LogP contribution < -0.4 is 9.47 Å². The molecule has 37 heavy (non-hydrogen) atoms. The molecule has 2 aromatic heterocycles. The molecule has 0 saturated heterocycles. The van der Waals surface area contributed by atoms with Crippen molar-refractivity contribution >= 4 is 29.3 Å². The van der Waals surface area contributed by atoms with Crippen molar-refractivity contribution in [3.05, 3.63) is 71.7 Å². The van der Waals surface area contributed by atoms with E-state index in [1.807, 2.05) is 73.1 Å². The number of para-hydroxylation sites is 2. The summed E-state index contributed by atoms with van der Waals surface area (Å²) in [4.78, 5) is 19.5. The smallest absolute Gasteiger partial charge is 0.340 e. The lowest BCUT2D eigenvalue weighted by Crippen LogP contribution is -2.14. The van der Waals surface area contributed by atoms with Crippen molar-refractivity contribution in [2.45, 2.75) is 20.1 Å². The second kappa shape index (κ2) is 12.0. The third-order valence-corrected chi connectivity index (χ3v) is 6.04. The third-order valence-electron chi connectivity index (χ3n) is 6.04. The van der Waals surface area contributed by atoms with Gasteiger partial charge in [-0.15, -0.1) is 12.4 Å². The minimum atomic E-state index is -0.463. The molecule has 0 aliphatic carbocycles. The van der Waals surface area contributed by atoms with Crippen molar-refractivity contribution in [2.75, 3.05) is 27.8 Å². The highest BCUT2D eigenvalue weighted by Crippen LogP contribution is 2.42. The van der Waals surface area contributed by atoms with Crippen LogP contribution in [-0.4, -0.2) is 53.3 Å². The van der Waals surface area contributed by atoms with Crippen molar-refractivity contribution in [3.8, 4) is 28.4 Å². The van der Waals surface area contributed by atoms with Crippen LogP contribution in [0.4, 0.5) is 0 Å². The van der Waals surface area contributed by atoms with E-state index in [-0.39, 0.29) is 31.4 Å². The van der Waals surface area contributed by atoms with Crippen molar-refractivity contribution in [3.63, 3.8) is 0 Å². The molecule has 0 fully saturated rings. The monoisotopic (exact) mass is 525 g/mol. The Labute approximate surface area is 222 Å². The molecule has 2 aromatic carbocycles. The van der Waals surface area contributed by atoms with Crippen LogP contribution >= 0.6 is 12.4 Å². The molecule has 2 heterocycles. The first-order valence-electron chi connectivity index (χ1n) is 11.7. The van der Waals surface area contributed by atoms with Gasteiger partial charge in [0.25, 0.3) is 0 Å². The van der Waals surface area contributed by atoms with Gasteiger partial charge >= 0.3 is 5.97 Å². The van der Waals surface area contributed by atoms with Crippen LogP contribution in [0.1, 0.15) is 28.5 Å². The average Bonchev–Trinajstić information content (AvgIpc) is 3.16. The van der Waals surface area contributed by atoms with E-state index in [1.54, 1.807) is 26.4 Å². The molecule has 9 heteroatoms. The number of aryl methyl sites for hydroxylation is 1. The van der Waals surface area contributed by atoms with Crippen LogP contribution in [0.3, 0.4) is 0 Å². The Kier molecular flexibility index (Phi) is 9.02. The number of phenols is 1. The highest BCUT2D eigenvalue weighted by Gasteiger charge is 2.28. The van der Waals surface area contributed by atoms with Gasteiger partial charge in [0.2, 0.25) is 0 Å². The summed E-state index contributed by atoms with van der Waals surface area (Å²) in [5.41, 5.74) is 3.86. The highest BCUT2D eigenvalue weighted by atomic mass is 35.5. The fraction of sp³-hybridized carbons (Fsp3) is 0.286. The second-order valence-electron chi connectivity index (χ2n) is 8.67. The van der Waals surface area contributed by atoms with E-state index in [0.717, 1.165) is 11.1 Å². The zero-order chi connectivity index (χ0) is 25.8. The van der Waals surface area contributed by atoms with Crippen molar-refractivity contribution < 1.29 is 24.1 Å². The molecule has 0 radical (unpaired) electrons. The lowest BCUT2D eigenvalue weighted by Gasteiger charge is -2.17. The number of carbonyl (C=O) groups is 1. The van der Waals surface area contributed by atoms with Gasteiger partial charge in [-0.1, -0.05) is 18.2 Å². The number of fused-ring (bicyclic) bond motifs is 1. The predicted molar refractivity (Wildman–Crippen MR) is 146 cm³/mol. The summed E-state index contributed by atoms with van der Waals surface area (Å²) in [6, 6.07) is 13.0. The van der Waals surface area contributed by atoms with Crippen LogP contribution in [0.15, 0.2) is 54.9 Å². The number of esters is 1. The molecule has 8 nitrogen and oxygen atoms in total. The number of phenolic OH excluding ortho intramolecular Hbond substituents is 1. The quantitative estimate of drug-likeness (QED) is 0.301. The van der Waals surface area contributed by atoms with Gasteiger partial charge in [-0.25, -0.2) is 4.79 Å². The molecule has 0 atom stereocenters. The van der Waals surface area contributed by atoms with E-state index in [9.17, 15) is 9.90 Å². The van der Waals surface area contributed by atoms with Gasteiger partial charge in [-0.3, -0.25) is 4.98 Å². The van der Waals surface area contributed by atoms with Gasteiger partial charge in [-0.05, 0) is 45.3 Å². The van der Waals surface area contributed by atoms with Crippen LogP contribution in [0.2, 0.25) is 0 Å². The Bertz CT molecular complexity index is 1390. The molecule has 0 unspecified atom stereocenters. The molecule has 4 rings (SSSR count). The number of benzene rings is 2. The number of hydrogen-bond acceptors (Lipinski definition) is 7. The number of aromatic nitrogens is 2. The Hall–Kier alpha value is -3.75. The first kappa shape index (κ1) is 27.8. The normalized spacial score (nSPS) is 10.9. The van der Waals surface area contributed by atoms with E-state index in [0.29, 0.717) is 45.8 Å². The number of rotatable bonds is 9. The fourth-order valence-electron chi connectivity index (χ4n) is 4.40. The highest BCUT2D eigenvalue weighted by molar-refractivity contribution is 6.09. The maximum absolute atomic E-state index is 13.3. The van der Waals surface area contributed by atoms with Gasteiger partial charge < -0.3 is 28.8 Å². The Balaban J connectivity index is 0.00000380. The van der Waals surface area contributed by atoms with Crippen molar-refractivity contribution in [2.24, 2.45) is 7.05 Å². The number of ether oxygens (including phenoxy) is 3. The Morgan fingerprint density at radius 1 is 1.14 bits per heavy atom. The fourth-order valence-corrected chi connectivity index (χ4v) is 4.40. The lowest BCUT2D eigenvalue weighted by molar-refractivity contribution is 0.0525. The minimum Gasteiger partial charge on any atom is -0.507 e. The maximum atomic E-state index is 13.3. The molecule has 196 valence electrons.